The third-order valence-corrected chi connectivity index (χ3v) is 4.16. The van der Waals surface area contributed by atoms with Crippen LogP contribution < -0.4 is 5.32 Å². The highest BCUT2D eigenvalue weighted by Gasteiger charge is 2.21. The standard InChI is InChI=1S/C18H20FN3O/c19-16-3-1-2-14(12-16)13-22-10-6-17(7-11-22)21-18(23)15-4-8-20-9-5-15/h1-5,8-9,12,17H,6-7,10-11,13H2,(H,21,23). The van der Waals surface area contributed by atoms with Crippen molar-refractivity contribution in [2.24, 2.45) is 0 Å². The number of piperidine rings is 1. The van der Waals surface area contributed by atoms with E-state index in [0.29, 0.717) is 5.56 Å². The van der Waals surface area contributed by atoms with Gasteiger partial charge in [-0.05, 0) is 42.7 Å². The highest BCUT2D eigenvalue weighted by atomic mass is 19.1. The van der Waals surface area contributed by atoms with Gasteiger partial charge in [-0.1, -0.05) is 12.1 Å². The van der Waals surface area contributed by atoms with Crippen LogP contribution in [0.4, 0.5) is 4.39 Å². The molecule has 1 fully saturated rings. The number of hydrogen-bond acceptors (Lipinski definition) is 3. The van der Waals surface area contributed by atoms with Crippen LogP contribution in [0.15, 0.2) is 48.8 Å². The minimum absolute atomic E-state index is 0.0454. The van der Waals surface area contributed by atoms with Crippen molar-refractivity contribution in [1.82, 2.24) is 15.2 Å². The molecule has 23 heavy (non-hydrogen) atoms. The predicted octanol–water partition coefficient (Wildman–Crippen LogP) is 2.62. The maximum absolute atomic E-state index is 13.2. The van der Waals surface area contributed by atoms with Crippen LogP contribution in [0.5, 0.6) is 0 Å². The van der Waals surface area contributed by atoms with Crippen molar-refractivity contribution < 1.29 is 9.18 Å². The number of nitrogens with one attached hydrogen (secondary N) is 1. The number of carbonyl (C=O) groups is 1. The zero-order valence-corrected chi connectivity index (χ0v) is 12.9. The Balaban J connectivity index is 1.48. The van der Waals surface area contributed by atoms with Gasteiger partial charge in [-0.25, -0.2) is 4.39 Å². The van der Waals surface area contributed by atoms with E-state index in [1.807, 2.05) is 6.07 Å². The fourth-order valence-electron chi connectivity index (χ4n) is 2.90. The zero-order chi connectivity index (χ0) is 16.1. The van der Waals surface area contributed by atoms with Crippen LogP contribution in [-0.2, 0) is 6.54 Å². The average Bonchev–Trinajstić information content (AvgIpc) is 2.57. The van der Waals surface area contributed by atoms with Crippen LogP contribution in [0.25, 0.3) is 0 Å². The van der Waals surface area contributed by atoms with Crippen molar-refractivity contribution in [3.05, 3.63) is 65.7 Å². The molecule has 2 aromatic rings. The maximum Gasteiger partial charge on any atom is 0.251 e. The van der Waals surface area contributed by atoms with E-state index in [0.717, 1.165) is 38.0 Å². The molecule has 1 aromatic carbocycles. The Kier molecular flexibility index (Phi) is 4.98. The van der Waals surface area contributed by atoms with Crippen molar-refractivity contribution in [3.63, 3.8) is 0 Å². The minimum atomic E-state index is -0.193. The van der Waals surface area contributed by atoms with E-state index in [9.17, 15) is 9.18 Å². The molecule has 2 heterocycles. The van der Waals surface area contributed by atoms with Gasteiger partial charge in [0.15, 0.2) is 0 Å². The zero-order valence-electron chi connectivity index (χ0n) is 12.9. The Hall–Kier alpha value is -2.27. The molecule has 0 bridgehead atoms. The lowest BCUT2D eigenvalue weighted by Crippen LogP contribution is -2.44. The number of amides is 1. The summed E-state index contributed by atoms with van der Waals surface area (Å²) < 4.78 is 13.2. The Labute approximate surface area is 135 Å². The van der Waals surface area contributed by atoms with Crippen LogP contribution in [0, 0.1) is 5.82 Å². The SMILES string of the molecule is O=C(NC1CCN(Cc2cccc(F)c2)CC1)c1ccncc1. The second-order valence-corrected chi connectivity index (χ2v) is 5.89. The molecule has 1 aliphatic rings. The highest BCUT2D eigenvalue weighted by molar-refractivity contribution is 5.94. The van der Waals surface area contributed by atoms with Gasteiger partial charge in [-0.3, -0.25) is 14.7 Å². The molecule has 1 amide bonds. The van der Waals surface area contributed by atoms with Crippen molar-refractivity contribution >= 4 is 5.91 Å². The Morgan fingerprint density at radius 2 is 1.96 bits per heavy atom. The first-order valence-electron chi connectivity index (χ1n) is 7.88. The maximum atomic E-state index is 13.2. The van der Waals surface area contributed by atoms with Gasteiger partial charge in [-0.15, -0.1) is 0 Å². The van der Waals surface area contributed by atoms with Crippen LogP contribution in [-0.4, -0.2) is 34.9 Å². The molecular weight excluding hydrogens is 293 g/mol. The molecule has 0 aliphatic carbocycles. The monoisotopic (exact) mass is 313 g/mol. The molecule has 4 nitrogen and oxygen atoms in total. The van der Waals surface area contributed by atoms with E-state index in [4.69, 9.17) is 0 Å². The molecule has 1 saturated heterocycles. The Bertz CT molecular complexity index is 654. The molecule has 0 unspecified atom stereocenters. The molecule has 1 aromatic heterocycles. The van der Waals surface area contributed by atoms with Gasteiger partial charge in [-0.2, -0.15) is 0 Å². The third-order valence-electron chi connectivity index (χ3n) is 4.16. The summed E-state index contributed by atoms with van der Waals surface area (Å²) in [5.74, 6) is -0.238. The summed E-state index contributed by atoms with van der Waals surface area (Å²) in [6.07, 6.45) is 5.06. The fourth-order valence-corrected chi connectivity index (χ4v) is 2.90. The molecule has 0 radical (unpaired) electrons. The first kappa shape index (κ1) is 15.6. The van der Waals surface area contributed by atoms with E-state index in [1.54, 1.807) is 36.7 Å². The number of nitrogens with zero attached hydrogens (tertiary/aromatic N) is 2. The molecule has 3 rings (SSSR count). The number of aromatic nitrogens is 1. The highest BCUT2D eigenvalue weighted by Crippen LogP contribution is 2.15. The van der Waals surface area contributed by atoms with Crippen LogP contribution in [0.2, 0.25) is 0 Å². The normalized spacial score (nSPS) is 16.2. The quantitative estimate of drug-likeness (QED) is 0.944. The van der Waals surface area contributed by atoms with Gasteiger partial charge >= 0.3 is 0 Å². The summed E-state index contributed by atoms with van der Waals surface area (Å²) in [5.41, 5.74) is 1.63. The van der Waals surface area contributed by atoms with Gasteiger partial charge in [0.1, 0.15) is 5.82 Å². The predicted molar refractivity (Wildman–Crippen MR) is 86.4 cm³/mol. The van der Waals surface area contributed by atoms with Crippen LogP contribution in [0.3, 0.4) is 0 Å². The number of benzene rings is 1. The lowest BCUT2D eigenvalue weighted by Gasteiger charge is -2.32. The summed E-state index contributed by atoms with van der Waals surface area (Å²) >= 11 is 0. The van der Waals surface area contributed by atoms with Crippen molar-refractivity contribution in [2.45, 2.75) is 25.4 Å². The van der Waals surface area contributed by atoms with Gasteiger partial charge in [0, 0.05) is 43.6 Å². The average molecular weight is 313 g/mol. The summed E-state index contributed by atoms with van der Waals surface area (Å²) in [4.78, 5) is 18.3. The number of carbonyl (C=O) groups excluding carboxylic acids is 1. The number of likely N-dealkylation sites (tertiary alicyclic amines) is 1. The van der Waals surface area contributed by atoms with Crippen LogP contribution in [0.1, 0.15) is 28.8 Å². The number of hydrogen-bond donors (Lipinski definition) is 1. The summed E-state index contributed by atoms with van der Waals surface area (Å²) in [7, 11) is 0. The summed E-state index contributed by atoms with van der Waals surface area (Å²) in [6.45, 7) is 2.55. The van der Waals surface area contributed by atoms with Crippen LogP contribution >= 0.6 is 0 Å². The molecule has 120 valence electrons. The number of pyridine rings is 1. The largest absolute Gasteiger partial charge is 0.349 e. The molecule has 5 heteroatoms. The van der Waals surface area contributed by atoms with E-state index < -0.39 is 0 Å². The number of rotatable bonds is 4. The minimum Gasteiger partial charge on any atom is -0.349 e. The molecule has 1 N–H and O–H groups in total. The Morgan fingerprint density at radius 3 is 2.65 bits per heavy atom. The summed E-state index contributed by atoms with van der Waals surface area (Å²) in [6, 6.07) is 10.4. The number of halogens is 1. The summed E-state index contributed by atoms with van der Waals surface area (Å²) in [5, 5.41) is 3.08. The van der Waals surface area contributed by atoms with E-state index >= 15 is 0 Å². The second-order valence-electron chi connectivity index (χ2n) is 5.89. The van der Waals surface area contributed by atoms with Crippen molar-refractivity contribution in [1.29, 1.82) is 0 Å². The smallest absolute Gasteiger partial charge is 0.251 e. The molecule has 1 aliphatic heterocycles. The molecule has 0 saturated carbocycles. The third kappa shape index (κ3) is 4.36. The lowest BCUT2D eigenvalue weighted by molar-refractivity contribution is 0.0909. The second kappa shape index (κ2) is 7.33. The van der Waals surface area contributed by atoms with Gasteiger partial charge in [0.05, 0.1) is 0 Å². The van der Waals surface area contributed by atoms with E-state index in [-0.39, 0.29) is 17.8 Å². The van der Waals surface area contributed by atoms with E-state index in [1.165, 1.54) is 6.07 Å². The van der Waals surface area contributed by atoms with Gasteiger partial charge in [0.25, 0.3) is 5.91 Å². The first-order chi connectivity index (χ1) is 11.2. The fraction of sp³-hybridized carbons (Fsp3) is 0.333. The van der Waals surface area contributed by atoms with E-state index in [2.05, 4.69) is 15.2 Å². The van der Waals surface area contributed by atoms with Crippen molar-refractivity contribution in [3.8, 4) is 0 Å². The van der Waals surface area contributed by atoms with Crippen molar-refractivity contribution in [2.75, 3.05) is 13.1 Å². The first-order valence-corrected chi connectivity index (χ1v) is 7.88. The molecule has 0 atom stereocenters. The van der Waals surface area contributed by atoms with Gasteiger partial charge < -0.3 is 5.32 Å². The molecular formula is C18H20FN3O. The lowest BCUT2D eigenvalue weighted by atomic mass is 10.0. The van der Waals surface area contributed by atoms with Gasteiger partial charge in [0.2, 0.25) is 0 Å². The Morgan fingerprint density at radius 1 is 1.22 bits per heavy atom. The topological polar surface area (TPSA) is 45.2 Å². The molecule has 0 spiro atoms.